The quantitative estimate of drug-likeness (QED) is 0.163. The summed E-state index contributed by atoms with van der Waals surface area (Å²) in [6, 6.07) is 7.27. The van der Waals surface area contributed by atoms with Crippen molar-refractivity contribution >= 4 is 23.5 Å². The highest BCUT2D eigenvalue weighted by atomic mass is 35.5. The third-order valence-electron chi connectivity index (χ3n) is 4.34. The van der Waals surface area contributed by atoms with Crippen LogP contribution < -0.4 is 33.0 Å². The minimum absolute atomic E-state index is 0.0116. The molecule has 0 saturated carbocycles. The van der Waals surface area contributed by atoms with Crippen LogP contribution in [0.1, 0.15) is 31.4 Å². The van der Waals surface area contributed by atoms with Crippen LogP contribution in [-0.2, 0) is 9.53 Å². The number of methoxy groups -OCH3 is 1. The Balaban J connectivity index is 2.31. The van der Waals surface area contributed by atoms with Gasteiger partial charge in [-0.25, -0.2) is 9.89 Å². The minimum Gasteiger partial charge on any atom is -0.491 e. The van der Waals surface area contributed by atoms with E-state index in [1.165, 1.54) is 4.90 Å². The summed E-state index contributed by atoms with van der Waals surface area (Å²) in [6.07, 6.45) is 1.58. The summed E-state index contributed by atoms with van der Waals surface area (Å²) in [4.78, 5) is 17.4. The Labute approximate surface area is 180 Å². The van der Waals surface area contributed by atoms with E-state index in [0.29, 0.717) is 13.2 Å². The number of benzene rings is 1. The van der Waals surface area contributed by atoms with Crippen LogP contribution in [0.25, 0.3) is 0 Å². The van der Waals surface area contributed by atoms with Crippen molar-refractivity contribution in [3.63, 3.8) is 0 Å². The molecular formula is C19H28ClN7O3. The Hall–Kier alpha value is -3.11. The highest BCUT2D eigenvalue weighted by Gasteiger charge is 2.29. The molecular weight excluding hydrogens is 410 g/mol. The van der Waals surface area contributed by atoms with Crippen LogP contribution in [0.2, 0.25) is 0 Å². The van der Waals surface area contributed by atoms with Crippen molar-refractivity contribution in [2.45, 2.75) is 25.8 Å². The third-order valence-corrected chi connectivity index (χ3v) is 4.63. The number of halogens is 1. The summed E-state index contributed by atoms with van der Waals surface area (Å²) < 4.78 is 10.6. The number of nitrogens with two attached hydrogens (primary N) is 4. The van der Waals surface area contributed by atoms with E-state index < -0.39 is 5.91 Å². The number of nitrogens with zero attached hydrogens (tertiary/aromatic N) is 2. The molecule has 1 aliphatic heterocycles. The summed E-state index contributed by atoms with van der Waals surface area (Å²) in [5.41, 5.74) is 24.4. The Bertz CT molecular complexity index is 852. The van der Waals surface area contributed by atoms with E-state index in [2.05, 4.69) is 10.3 Å². The molecule has 0 spiro atoms. The second-order valence-corrected chi connectivity index (χ2v) is 6.86. The minimum atomic E-state index is -0.801. The number of rotatable bonds is 9. The smallest absolute Gasteiger partial charge is 0.268 e. The molecule has 0 aromatic heterocycles. The molecule has 1 aliphatic rings. The van der Waals surface area contributed by atoms with Crippen LogP contribution in [0.4, 0.5) is 0 Å². The Kier molecular flexibility index (Phi) is 8.19. The zero-order valence-electron chi connectivity index (χ0n) is 17.0. The fourth-order valence-electron chi connectivity index (χ4n) is 2.84. The van der Waals surface area contributed by atoms with Crippen molar-refractivity contribution in [1.29, 1.82) is 0 Å². The Morgan fingerprint density at radius 2 is 1.87 bits per heavy atom. The van der Waals surface area contributed by atoms with E-state index in [9.17, 15) is 4.79 Å². The number of aliphatic imine (C=N–C) groups is 1. The first-order chi connectivity index (χ1) is 14.3. The average molecular weight is 438 g/mol. The molecule has 0 fully saturated rings. The molecule has 0 radical (unpaired) electrons. The molecule has 1 aromatic carbocycles. The number of ether oxygens (including phenoxy) is 2. The zero-order valence-corrected chi connectivity index (χ0v) is 17.8. The summed E-state index contributed by atoms with van der Waals surface area (Å²) in [5, 5.41) is 2.54. The molecule has 1 aromatic rings. The van der Waals surface area contributed by atoms with Gasteiger partial charge in [-0.15, -0.1) is 0 Å². The van der Waals surface area contributed by atoms with Crippen molar-refractivity contribution in [2.75, 3.05) is 20.3 Å². The number of guanidine groups is 1. The first-order valence-electron chi connectivity index (χ1n) is 9.37. The van der Waals surface area contributed by atoms with E-state index in [1.807, 2.05) is 31.2 Å². The van der Waals surface area contributed by atoms with E-state index in [0.717, 1.165) is 24.2 Å². The first kappa shape index (κ1) is 23.2. The predicted molar refractivity (Wildman–Crippen MR) is 116 cm³/mol. The lowest BCUT2D eigenvalue weighted by Crippen LogP contribution is -2.49. The monoisotopic (exact) mass is 437 g/mol. The number of hydrogen-bond donors (Lipinski definition) is 5. The number of primary amides is 1. The van der Waals surface area contributed by atoms with Crippen molar-refractivity contribution < 1.29 is 14.3 Å². The second kappa shape index (κ2) is 10.6. The number of carbonyl (C=O) groups is 1. The maximum absolute atomic E-state index is 11.6. The number of amides is 1. The highest BCUT2D eigenvalue weighted by molar-refractivity contribution is 6.30. The lowest BCUT2D eigenvalue weighted by atomic mass is 10.0. The van der Waals surface area contributed by atoms with Crippen LogP contribution in [-0.4, -0.2) is 37.1 Å². The van der Waals surface area contributed by atoms with Gasteiger partial charge in [0.15, 0.2) is 0 Å². The van der Waals surface area contributed by atoms with Crippen molar-refractivity contribution in [3.8, 4) is 5.75 Å². The predicted octanol–water partition coefficient (Wildman–Crippen LogP) is 0.710. The fraction of sp³-hybridized carbons (Fsp3) is 0.368. The molecule has 0 saturated heterocycles. The molecule has 0 aliphatic carbocycles. The fourth-order valence-corrected chi connectivity index (χ4v) is 3.02. The van der Waals surface area contributed by atoms with Crippen LogP contribution in [0.3, 0.4) is 0 Å². The molecule has 1 heterocycles. The molecule has 1 atom stereocenters. The van der Waals surface area contributed by atoms with E-state index in [4.69, 9.17) is 44.0 Å². The van der Waals surface area contributed by atoms with Crippen molar-refractivity contribution in [3.05, 3.63) is 52.3 Å². The Morgan fingerprint density at radius 1 is 1.20 bits per heavy atom. The molecule has 2 rings (SSSR count). The summed E-state index contributed by atoms with van der Waals surface area (Å²) >= 11 is 6.07. The standard InChI is InChI=1S/C19H28ClN7O3/c1-3-4-13(11-5-7-12(8-6-11)30-10-9-29-2)25-19(24)27-16(21)14(18(23)28)26-15(20)17(27)22/h5-8,13,26H,3-4,9-10,21-22H2,1-2H3,(H2,23,28)(H2,24,25). The second-order valence-electron chi connectivity index (χ2n) is 6.49. The third kappa shape index (κ3) is 5.49. The number of carbonyl (C=O) groups excluding carboxylic acids is 1. The lowest BCUT2D eigenvalue weighted by molar-refractivity contribution is -0.115. The zero-order chi connectivity index (χ0) is 22.3. The van der Waals surface area contributed by atoms with Gasteiger partial charge in [-0.05, 0) is 24.1 Å². The molecule has 1 amide bonds. The molecule has 164 valence electrons. The molecule has 0 bridgehead atoms. The average Bonchev–Trinajstić information content (AvgIpc) is 2.71. The van der Waals surface area contributed by atoms with Crippen molar-refractivity contribution in [1.82, 2.24) is 10.2 Å². The van der Waals surface area contributed by atoms with Crippen LogP contribution in [0.5, 0.6) is 5.75 Å². The van der Waals surface area contributed by atoms with Gasteiger partial charge in [0, 0.05) is 7.11 Å². The topological polar surface area (TPSA) is 167 Å². The molecule has 30 heavy (non-hydrogen) atoms. The van der Waals surface area contributed by atoms with Gasteiger partial charge < -0.3 is 37.7 Å². The van der Waals surface area contributed by atoms with Gasteiger partial charge in [0.25, 0.3) is 5.91 Å². The van der Waals surface area contributed by atoms with Gasteiger partial charge in [-0.3, -0.25) is 4.79 Å². The maximum Gasteiger partial charge on any atom is 0.268 e. The van der Waals surface area contributed by atoms with Gasteiger partial charge in [-0.1, -0.05) is 37.1 Å². The first-order valence-corrected chi connectivity index (χ1v) is 9.74. The number of nitrogens with one attached hydrogen (secondary N) is 1. The molecule has 9 N–H and O–H groups in total. The Morgan fingerprint density at radius 3 is 2.43 bits per heavy atom. The summed E-state index contributed by atoms with van der Waals surface area (Å²) in [7, 11) is 1.62. The van der Waals surface area contributed by atoms with Crippen LogP contribution in [0.15, 0.2) is 51.8 Å². The largest absolute Gasteiger partial charge is 0.491 e. The van der Waals surface area contributed by atoms with Gasteiger partial charge in [0.1, 0.15) is 34.9 Å². The van der Waals surface area contributed by atoms with Crippen molar-refractivity contribution in [2.24, 2.45) is 27.9 Å². The maximum atomic E-state index is 11.6. The lowest BCUT2D eigenvalue weighted by Gasteiger charge is -2.31. The summed E-state index contributed by atoms with van der Waals surface area (Å²) in [5.74, 6) is -0.157. The van der Waals surface area contributed by atoms with Gasteiger partial charge in [0.2, 0.25) is 5.96 Å². The van der Waals surface area contributed by atoms with Gasteiger partial charge in [0.05, 0.1) is 12.6 Å². The van der Waals surface area contributed by atoms with Crippen LogP contribution in [0, 0.1) is 0 Å². The molecule has 11 heteroatoms. The van der Waals surface area contributed by atoms with Gasteiger partial charge in [-0.2, -0.15) is 0 Å². The molecule has 10 nitrogen and oxygen atoms in total. The van der Waals surface area contributed by atoms with E-state index >= 15 is 0 Å². The van der Waals surface area contributed by atoms with E-state index in [1.54, 1.807) is 7.11 Å². The summed E-state index contributed by atoms with van der Waals surface area (Å²) in [6.45, 7) is 3.00. The van der Waals surface area contributed by atoms with Gasteiger partial charge >= 0.3 is 0 Å². The normalized spacial score (nSPS) is 15.8. The SMILES string of the molecule is CCCC(N=C(N)N1C(N)=C(Cl)NC(C(N)=O)=C1N)c1ccc(OCCOC)cc1. The van der Waals surface area contributed by atoms with E-state index in [-0.39, 0.29) is 34.5 Å². The highest BCUT2D eigenvalue weighted by Crippen LogP contribution is 2.27. The molecule has 1 unspecified atom stereocenters. The van der Waals surface area contributed by atoms with Crippen LogP contribution >= 0.6 is 11.6 Å². The number of hydrogen-bond acceptors (Lipinski definition) is 7.